The van der Waals surface area contributed by atoms with Gasteiger partial charge in [0.25, 0.3) is 0 Å². The lowest BCUT2D eigenvalue weighted by Crippen LogP contribution is -2.60. The monoisotopic (exact) mass is 333 g/mol. The van der Waals surface area contributed by atoms with Crippen LogP contribution in [0, 0.1) is 5.92 Å². The summed E-state index contributed by atoms with van der Waals surface area (Å²) in [6.45, 7) is 5.26. The van der Waals surface area contributed by atoms with Gasteiger partial charge in [0.15, 0.2) is 9.84 Å². The molecule has 2 rings (SSSR count). The Bertz CT molecular complexity index is 571. The number of sulfone groups is 1. The molecule has 1 amide bonds. The first-order valence-electron chi connectivity index (χ1n) is 7.39. The highest BCUT2D eigenvalue weighted by atomic mass is 32.2. The van der Waals surface area contributed by atoms with Crippen molar-refractivity contribution in [3.63, 3.8) is 0 Å². The number of hydrogen-bond acceptors (Lipinski definition) is 5. The van der Waals surface area contributed by atoms with Gasteiger partial charge in [0.05, 0.1) is 16.4 Å². The number of carbonyl (C=O) groups excluding carboxylic acids is 1. The molecule has 0 radical (unpaired) electrons. The van der Waals surface area contributed by atoms with E-state index >= 15 is 0 Å². The molecule has 1 saturated carbocycles. The molecule has 1 heterocycles. The predicted octanol–water partition coefficient (Wildman–Crippen LogP) is 1.32. The van der Waals surface area contributed by atoms with Crippen LogP contribution in [0.5, 0.6) is 0 Å². The lowest BCUT2D eigenvalue weighted by Gasteiger charge is -2.49. The van der Waals surface area contributed by atoms with E-state index in [0.717, 1.165) is 0 Å². The van der Waals surface area contributed by atoms with E-state index in [1.165, 1.54) is 0 Å². The van der Waals surface area contributed by atoms with Gasteiger partial charge in [-0.3, -0.25) is 4.79 Å². The third kappa shape index (κ3) is 3.37. The quantitative estimate of drug-likeness (QED) is 0.789. The maximum atomic E-state index is 12.3. The van der Waals surface area contributed by atoms with E-state index in [1.807, 2.05) is 0 Å². The second-order valence-electron chi connectivity index (χ2n) is 7.28. The van der Waals surface area contributed by atoms with E-state index in [-0.39, 0.29) is 31.1 Å². The standard InChI is InChI=1S/C14H23NO6S/c1-13(2,3)21-12(18)15-10-4-5-22(19,20)14(8-10)6-9(7-14)11(16)17/h9-10H,4-8H2,1-3H3,(H,15,18)(H,16,17). The van der Waals surface area contributed by atoms with Crippen molar-refractivity contribution in [1.82, 2.24) is 5.32 Å². The van der Waals surface area contributed by atoms with Crippen LogP contribution in [0.3, 0.4) is 0 Å². The molecule has 2 N–H and O–H groups in total. The first kappa shape index (κ1) is 17.1. The zero-order chi connectivity index (χ0) is 16.8. The average Bonchev–Trinajstić information content (AvgIpc) is 2.25. The second-order valence-corrected chi connectivity index (χ2v) is 9.79. The summed E-state index contributed by atoms with van der Waals surface area (Å²) in [7, 11) is -3.31. The fourth-order valence-corrected chi connectivity index (χ4v) is 5.62. The van der Waals surface area contributed by atoms with Gasteiger partial charge < -0.3 is 15.2 Å². The van der Waals surface area contributed by atoms with Crippen molar-refractivity contribution in [1.29, 1.82) is 0 Å². The molecule has 0 bridgehead atoms. The van der Waals surface area contributed by atoms with Gasteiger partial charge >= 0.3 is 12.1 Å². The first-order valence-corrected chi connectivity index (χ1v) is 9.04. The third-order valence-corrected chi connectivity index (χ3v) is 6.91. The van der Waals surface area contributed by atoms with Crippen LogP contribution in [0.2, 0.25) is 0 Å². The molecule has 1 unspecified atom stereocenters. The van der Waals surface area contributed by atoms with E-state index in [9.17, 15) is 18.0 Å². The smallest absolute Gasteiger partial charge is 0.407 e. The second kappa shape index (κ2) is 5.40. The van der Waals surface area contributed by atoms with Crippen molar-refractivity contribution in [3.8, 4) is 0 Å². The number of hydrogen-bond donors (Lipinski definition) is 2. The molecule has 22 heavy (non-hydrogen) atoms. The van der Waals surface area contributed by atoms with E-state index in [2.05, 4.69) is 5.32 Å². The highest BCUT2D eigenvalue weighted by molar-refractivity contribution is 7.92. The minimum Gasteiger partial charge on any atom is -0.481 e. The number of carbonyl (C=O) groups is 2. The molecule has 0 aromatic heterocycles. The van der Waals surface area contributed by atoms with Gasteiger partial charge in [-0.05, 0) is 46.5 Å². The van der Waals surface area contributed by atoms with Crippen LogP contribution in [0.15, 0.2) is 0 Å². The Balaban J connectivity index is 2.01. The number of carboxylic acid groups (broad SMARTS) is 1. The molecule has 1 aliphatic heterocycles. The first-order chi connectivity index (χ1) is 9.94. The van der Waals surface area contributed by atoms with Gasteiger partial charge in [-0.25, -0.2) is 13.2 Å². The summed E-state index contributed by atoms with van der Waals surface area (Å²) in [5.41, 5.74) is -0.618. The number of ether oxygens (including phenoxy) is 1. The van der Waals surface area contributed by atoms with Crippen LogP contribution >= 0.6 is 0 Å². The summed E-state index contributed by atoms with van der Waals surface area (Å²) >= 11 is 0. The van der Waals surface area contributed by atoms with Gasteiger partial charge in [0.1, 0.15) is 5.60 Å². The molecule has 126 valence electrons. The number of rotatable bonds is 2. The summed E-state index contributed by atoms with van der Waals surface area (Å²) in [6, 6.07) is -0.298. The number of alkyl carbamates (subject to hydrolysis) is 1. The van der Waals surface area contributed by atoms with Crippen LogP contribution in [-0.4, -0.2) is 47.7 Å². The van der Waals surface area contributed by atoms with Gasteiger partial charge in [-0.15, -0.1) is 0 Å². The number of amides is 1. The van der Waals surface area contributed by atoms with E-state index in [0.29, 0.717) is 6.42 Å². The minimum atomic E-state index is -3.31. The van der Waals surface area contributed by atoms with Crippen LogP contribution in [-0.2, 0) is 19.4 Å². The van der Waals surface area contributed by atoms with Crippen LogP contribution in [0.25, 0.3) is 0 Å². The molecule has 2 fully saturated rings. The van der Waals surface area contributed by atoms with Gasteiger partial charge in [-0.2, -0.15) is 0 Å². The largest absolute Gasteiger partial charge is 0.481 e. The SMILES string of the molecule is CC(C)(C)OC(=O)NC1CCS(=O)(=O)C2(C1)CC(C(=O)O)C2. The Kier molecular flexibility index (Phi) is 4.18. The molecular formula is C14H23NO6S. The fourth-order valence-electron chi connectivity index (χ4n) is 3.22. The summed E-state index contributed by atoms with van der Waals surface area (Å²) < 4.78 is 28.7. The van der Waals surface area contributed by atoms with Gasteiger partial charge in [-0.1, -0.05) is 0 Å². The zero-order valence-electron chi connectivity index (χ0n) is 13.1. The highest BCUT2D eigenvalue weighted by Gasteiger charge is 2.58. The molecule has 0 aromatic carbocycles. The van der Waals surface area contributed by atoms with Crippen molar-refractivity contribution >= 4 is 21.9 Å². The normalized spacial score (nSPS) is 33.8. The molecular weight excluding hydrogens is 310 g/mol. The topological polar surface area (TPSA) is 110 Å². The molecule has 8 heteroatoms. The van der Waals surface area contributed by atoms with Gasteiger partial charge in [0.2, 0.25) is 0 Å². The molecule has 2 aliphatic rings. The Hall–Kier alpha value is -1.31. The van der Waals surface area contributed by atoms with Crippen molar-refractivity contribution < 1.29 is 27.9 Å². The Morgan fingerprint density at radius 3 is 2.32 bits per heavy atom. The molecule has 1 saturated heterocycles. The molecule has 1 spiro atoms. The molecule has 7 nitrogen and oxygen atoms in total. The maximum absolute atomic E-state index is 12.3. The Morgan fingerprint density at radius 1 is 1.23 bits per heavy atom. The molecule has 0 aromatic rings. The van der Waals surface area contributed by atoms with Crippen molar-refractivity contribution in [3.05, 3.63) is 0 Å². The molecule has 1 atom stereocenters. The van der Waals surface area contributed by atoms with Crippen molar-refractivity contribution in [2.45, 2.75) is 62.8 Å². The Morgan fingerprint density at radius 2 is 1.82 bits per heavy atom. The van der Waals surface area contributed by atoms with E-state index in [4.69, 9.17) is 9.84 Å². The lowest BCUT2D eigenvalue weighted by atomic mass is 9.70. The van der Waals surface area contributed by atoms with E-state index < -0.39 is 38.2 Å². The van der Waals surface area contributed by atoms with E-state index in [1.54, 1.807) is 20.8 Å². The predicted molar refractivity (Wildman–Crippen MR) is 79.3 cm³/mol. The van der Waals surface area contributed by atoms with Crippen LogP contribution in [0.1, 0.15) is 46.5 Å². The highest BCUT2D eigenvalue weighted by Crippen LogP contribution is 2.50. The van der Waals surface area contributed by atoms with Crippen molar-refractivity contribution in [2.75, 3.05) is 5.75 Å². The van der Waals surface area contributed by atoms with Crippen LogP contribution < -0.4 is 5.32 Å². The maximum Gasteiger partial charge on any atom is 0.407 e. The summed E-state index contributed by atoms with van der Waals surface area (Å²) in [5, 5.41) is 11.7. The Labute approximate surface area is 130 Å². The number of nitrogens with one attached hydrogen (secondary N) is 1. The average molecular weight is 333 g/mol. The summed E-state index contributed by atoms with van der Waals surface area (Å²) in [6.07, 6.45) is 0.300. The lowest BCUT2D eigenvalue weighted by molar-refractivity contribution is -0.145. The number of aliphatic carboxylic acids is 1. The summed E-state index contributed by atoms with van der Waals surface area (Å²) in [4.78, 5) is 22.8. The number of carboxylic acids is 1. The van der Waals surface area contributed by atoms with Crippen LogP contribution in [0.4, 0.5) is 4.79 Å². The fraction of sp³-hybridized carbons (Fsp3) is 0.857. The third-order valence-electron chi connectivity index (χ3n) is 4.32. The molecule has 1 aliphatic carbocycles. The van der Waals surface area contributed by atoms with Crippen molar-refractivity contribution in [2.24, 2.45) is 5.92 Å². The van der Waals surface area contributed by atoms with Gasteiger partial charge in [0, 0.05) is 6.04 Å². The minimum absolute atomic E-state index is 0.0280. The zero-order valence-corrected chi connectivity index (χ0v) is 13.9. The summed E-state index contributed by atoms with van der Waals surface area (Å²) in [5.74, 6) is -1.59.